The quantitative estimate of drug-likeness (QED) is 0.349. The van der Waals surface area contributed by atoms with Crippen LogP contribution in [-0.2, 0) is 6.42 Å². The molecule has 1 aromatic carbocycles. The monoisotopic (exact) mass is 384 g/mol. The second kappa shape index (κ2) is 12.5. The fourth-order valence-corrected chi connectivity index (χ4v) is 2.84. The SMILES string of the molecule is C=C.C=C(Nc1ccc(CCCCCC)c(F)c1)NC(C)c1cncc(N)c1. The van der Waals surface area contributed by atoms with Crippen LogP contribution in [0.25, 0.3) is 0 Å². The molecular weight excluding hydrogens is 351 g/mol. The van der Waals surface area contributed by atoms with E-state index in [1.165, 1.54) is 18.9 Å². The Labute approximate surface area is 168 Å². The zero-order chi connectivity index (χ0) is 20.9. The van der Waals surface area contributed by atoms with Gasteiger partial charge in [-0.2, -0.15) is 0 Å². The molecule has 4 N–H and O–H groups in total. The highest BCUT2D eigenvalue weighted by Gasteiger charge is 2.08. The van der Waals surface area contributed by atoms with Crippen LogP contribution in [0.4, 0.5) is 15.8 Å². The molecule has 0 radical (unpaired) electrons. The first-order valence-electron chi connectivity index (χ1n) is 9.71. The molecule has 1 heterocycles. The maximum absolute atomic E-state index is 14.3. The summed E-state index contributed by atoms with van der Waals surface area (Å²) in [6.07, 6.45) is 8.71. The molecule has 4 nitrogen and oxygen atoms in total. The van der Waals surface area contributed by atoms with Gasteiger partial charge >= 0.3 is 0 Å². The van der Waals surface area contributed by atoms with Gasteiger partial charge in [0.25, 0.3) is 0 Å². The van der Waals surface area contributed by atoms with Crippen molar-refractivity contribution >= 4 is 11.4 Å². The van der Waals surface area contributed by atoms with Crippen LogP contribution >= 0.6 is 0 Å². The highest BCUT2D eigenvalue weighted by Crippen LogP contribution is 2.19. The molecule has 0 aliphatic rings. The number of benzene rings is 1. The molecule has 1 atom stereocenters. The van der Waals surface area contributed by atoms with Crippen molar-refractivity contribution in [1.82, 2.24) is 10.3 Å². The number of pyridine rings is 1. The van der Waals surface area contributed by atoms with Gasteiger partial charge in [-0.05, 0) is 49.1 Å². The minimum Gasteiger partial charge on any atom is -0.397 e. The Morgan fingerprint density at radius 1 is 1.18 bits per heavy atom. The lowest BCUT2D eigenvalue weighted by Crippen LogP contribution is -2.22. The van der Waals surface area contributed by atoms with E-state index in [1.54, 1.807) is 12.4 Å². The Bertz CT molecular complexity index is 745. The fraction of sp³-hybridized carbons (Fsp3) is 0.348. The zero-order valence-electron chi connectivity index (χ0n) is 17.1. The summed E-state index contributed by atoms with van der Waals surface area (Å²) < 4.78 is 14.3. The molecule has 1 aromatic heterocycles. The van der Waals surface area contributed by atoms with Crippen LogP contribution in [0.1, 0.15) is 56.7 Å². The third-order valence-electron chi connectivity index (χ3n) is 4.32. The summed E-state index contributed by atoms with van der Waals surface area (Å²) in [4.78, 5) is 4.09. The molecule has 0 aliphatic carbocycles. The number of nitrogens with zero attached hydrogens (tertiary/aromatic N) is 1. The molecule has 5 heteroatoms. The van der Waals surface area contributed by atoms with E-state index in [2.05, 4.69) is 42.3 Å². The Hall–Kier alpha value is -2.82. The van der Waals surface area contributed by atoms with Crippen molar-refractivity contribution in [2.24, 2.45) is 0 Å². The lowest BCUT2D eigenvalue weighted by Gasteiger charge is -2.19. The van der Waals surface area contributed by atoms with E-state index in [0.29, 0.717) is 17.2 Å². The molecule has 0 fully saturated rings. The van der Waals surface area contributed by atoms with Gasteiger partial charge in [0.2, 0.25) is 0 Å². The maximum atomic E-state index is 14.3. The van der Waals surface area contributed by atoms with E-state index in [4.69, 9.17) is 5.73 Å². The molecule has 0 aliphatic heterocycles. The topological polar surface area (TPSA) is 63.0 Å². The number of aryl methyl sites for hydroxylation is 1. The number of unbranched alkanes of at least 4 members (excludes halogenated alkanes) is 3. The van der Waals surface area contributed by atoms with Gasteiger partial charge < -0.3 is 16.4 Å². The number of nitrogens with one attached hydrogen (secondary N) is 2. The van der Waals surface area contributed by atoms with E-state index in [0.717, 1.165) is 30.4 Å². The summed E-state index contributed by atoms with van der Waals surface area (Å²) in [6.45, 7) is 14.1. The van der Waals surface area contributed by atoms with E-state index in [1.807, 2.05) is 25.1 Å². The van der Waals surface area contributed by atoms with Gasteiger partial charge in [-0.25, -0.2) is 4.39 Å². The van der Waals surface area contributed by atoms with Crippen molar-refractivity contribution in [2.75, 3.05) is 11.1 Å². The van der Waals surface area contributed by atoms with Gasteiger partial charge in [0.1, 0.15) is 5.82 Å². The third kappa shape index (κ3) is 7.82. The first kappa shape index (κ1) is 23.2. The van der Waals surface area contributed by atoms with Gasteiger partial charge in [-0.15, -0.1) is 13.2 Å². The second-order valence-corrected chi connectivity index (χ2v) is 6.64. The van der Waals surface area contributed by atoms with Crippen LogP contribution < -0.4 is 16.4 Å². The van der Waals surface area contributed by atoms with Crippen LogP contribution in [0.5, 0.6) is 0 Å². The predicted octanol–water partition coefficient (Wildman–Crippen LogP) is 5.96. The number of anilines is 2. The number of hydrogen-bond donors (Lipinski definition) is 3. The Balaban J connectivity index is 0.00000190. The van der Waals surface area contributed by atoms with Gasteiger partial charge in [-0.3, -0.25) is 4.98 Å². The minimum absolute atomic E-state index is 0.0197. The Morgan fingerprint density at radius 2 is 1.93 bits per heavy atom. The smallest absolute Gasteiger partial charge is 0.128 e. The Kier molecular flexibility index (Phi) is 10.4. The summed E-state index contributed by atoms with van der Waals surface area (Å²) in [6, 6.07) is 7.10. The van der Waals surface area contributed by atoms with Crippen molar-refractivity contribution < 1.29 is 4.39 Å². The maximum Gasteiger partial charge on any atom is 0.128 e. The summed E-state index contributed by atoms with van der Waals surface area (Å²) in [5.41, 5.74) is 8.78. The van der Waals surface area contributed by atoms with Crippen molar-refractivity contribution in [3.63, 3.8) is 0 Å². The van der Waals surface area contributed by atoms with Crippen molar-refractivity contribution in [1.29, 1.82) is 0 Å². The van der Waals surface area contributed by atoms with Crippen molar-refractivity contribution in [3.8, 4) is 0 Å². The summed E-state index contributed by atoms with van der Waals surface area (Å²) >= 11 is 0. The molecule has 0 saturated carbocycles. The second-order valence-electron chi connectivity index (χ2n) is 6.64. The van der Waals surface area contributed by atoms with Crippen LogP contribution in [0.15, 0.2) is 62.2 Å². The molecule has 152 valence electrons. The number of nitrogen functional groups attached to an aromatic ring is 1. The minimum atomic E-state index is -0.174. The standard InChI is InChI=1S/C21H29FN4.C2H4/c1-4-5-6-7-8-17-9-10-20(12-21(17)22)26-16(3)25-15(2)18-11-19(23)14-24-13-18;1-2/h9-15,25-26H,3-8,23H2,1-2H3;1-2H2. The number of rotatable bonds is 10. The van der Waals surface area contributed by atoms with Crippen LogP contribution in [0, 0.1) is 5.82 Å². The molecular formula is C23H33FN4. The summed E-state index contributed by atoms with van der Waals surface area (Å²) in [5.74, 6) is 0.419. The zero-order valence-corrected chi connectivity index (χ0v) is 17.1. The average molecular weight is 385 g/mol. The number of aromatic nitrogens is 1. The van der Waals surface area contributed by atoms with Gasteiger partial charge in [0.15, 0.2) is 0 Å². The van der Waals surface area contributed by atoms with E-state index in [9.17, 15) is 4.39 Å². The van der Waals surface area contributed by atoms with Crippen LogP contribution in [0.2, 0.25) is 0 Å². The molecule has 2 rings (SSSR count). The number of nitrogens with two attached hydrogens (primary N) is 1. The first-order valence-corrected chi connectivity index (χ1v) is 9.71. The van der Waals surface area contributed by atoms with Gasteiger partial charge in [0, 0.05) is 18.1 Å². The summed E-state index contributed by atoms with van der Waals surface area (Å²) in [5, 5.41) is 6.34. The molecule has 0 saturated heterocycles. The normalized spacial score (nSPS) is 11.1. The molecule has 0 spiro atoms. The molecule has 0 bridgehead atoms. The summed E-state index contributed by atoms with van der Waals surface area (Å²) in [7, 11) is 0. The number of halogens is 1. The van der Waals surface area contributed by atoms with Gasteiger partial charge in [-0.1, -0.05) is 38.8 Å². The van der Waals surface area contributed by atoms with Gasteiger partial charge in [0.05, 0.1) is 17.6 Å². The van der Waals surface area contributed by atoms with Crippen molar-refractivity contribution in [3.05, 3.63) is 79.2 Å². The first-order chi connectivity index (χ1) is 13.5. The molecule has 1 unspecified atom stereocenters. The Morgan fingerprint density at radius 3 is 2.57 bits per heavy atom. The molecule has 2 aromatic rings. The molecule has 0 amide bonds. The number of hydrogen-bond acceptors (Lipinski definition) is 4. The fourth-order valence-electron chi connectivity index (χ4n) is 2.84. The van der Waals surface area contributed by atoms with Crippen molar-refractivity contribution in [2.45, 2.75) is 52.0 Å². The highest BCUT2D eigenvalue weighted by atomic mass is 19.1. The van der Waals surface area contributed by atoms with E-state index >= 15 is 0 Å². The van der Waals surface area contributed by atoms with Crippen LogP contribution in [-0.4, -0.2) is 4.98 Å². The van der Waals surface area contributed by atoms with E-state index in [-0.39, 0.29) is 11.9 Å². The van der Waals surface area contributed by atoms with Crippen LogP contribution in [0.3, 0.4) is 0 Å². The largest absolute Gasteiger partial charge is 0.397 e. The third-order valence-corrected chi connectivity index (χ3v) is 4.32. The lowest BCUT2D eigenvalue weighted by molar-refractivity contribution is 0.594. The lowest BCUT2D eigenvalue weighted by atomic mass is 10.1. The highest BCUT2D eigenvalue weighted by molar-refractivity contribution is 5.49. The average Bonchev–Trinajstić information content (AvgIpc) is 2.68. The molecule has 28 heavy (non-hydrogen) atoms. The van der Waals surface area contributed by atoms with E-state index < -0.39 is 0 Å². The predicted molar refractivity (Wildman–Crippen MR) is 118 cm³/mol.